The first-order chi connectivity index (χ1) is 14.4. The van der Waals surface area contributed by atoms with Gasteiger partial charge in [0.25, 0.3) is 0 Å². The lowest BCUT2D eigenvalue weighted by Gasteiger charge is -2.37. The molecule has 160 valence electrons. The molecule has 1 aliphatic heterocycles. The van der Waals surface area contributed by atoms with Crippen molar-refractivity contribution < 1.29 is 24.2 Å². The van der Waals surface area contributed by atoms with Crippen LogP contribution in [0.15, 0.2) is 40.9 Å². The molecule has 1 atom stereocenters. The summed E-state index contributed by atoms with van der Waals surface area (Å²) in [6.07, 6.45) is 0.400. The fraction of sp³-hybridized carbons (Fsp3) is 0.364. The minimum atomic E-state index is -0.974. The van der Waals surface area contributed by atoms with Gasteiger partial charge in [-0.05, 0) is 71.6 Å². The topological polar surface area (TPSA) is 88.1 Å². The molecule has 1 heterocycles. The normalized spacial score (nSPS) is 15.3. The summed E-state index contributed by atoms with van der Waals surface area (Å²) in [5.74, 6) is 0.221. The smallest absolute Gasteiger partial charge is 0.322 e. The number of carboxylic acids is 1. The monoisotopic (exact) mass is 476 g/mol. The van der Waals surface area contributed by atoms with Gasteiger partial charge in [-0.3, -0.25) is 4.79 Å². The molecule has 2 N–H and O–H groups in total. The zero-order chi connectivity index (χ0) is 21.7. The molecular formula is C22H25BrN2O5. The van der Waals surface area contributed by atoms with Gasteiger partial charge in [-0.25, -0.2) is 4.79 Å². The number of carbonyl (C=O) groups excluding carboxylic acids is 1. The number of anilines is 1. The minimum absolute atomic E-state index is 0.198. The van der Waals surface area contributed by atoms with Crippen LogP contribution in [0.4, 0.5) is 10.5 Å². The van der Waals surface area contributed by atoms with Gasteiger partial charge in [-0.15, -0.1) is 0 Å². The Hall–Kier alpha value is -2.74. The van der Waals surface area contributed by atoms with Gasteiger partial charge >= 0.3 is 12.0 Å². The number of hydrogen-bond donors (Lipinski definition) is 2. The number of aliphatic carboxylic acids is 1. The van der Waals surface area contributed by atoms with E-state index in [9.17, 15) is 14.7 Å². The molecule has 0 aliphatic carbocycles. The summed E-state index contributed by atoms with van der Waals surface area (Å²) in [4.78, 5) is 26.2. The Labute approximate surface area is 184 Å². The molecule has 7 nitrogen and oxygen atoms in total. The second-order valence-electron chi connectivity index (χ2n) is 6.83. The number of carboxylic acid groups (broad SMARTS) is 1. The van der Waals surface area contributed by atoms with Gasteiger partial charge in [0.2, 0.25) is 0 Å². The number of halogens is 1. The summed E-state index contributed by atoms with van der Waals surface area (Å²) in [6.45, 7) is 5.13. The molecule has 3 rings (SSSR count). The van der Waals surface area contributed by atoms with E-state index in [1.165, 1.54) is 0 Å². The largest absolute Gasteiger partial charge is 0.490 e. The van der Waals surface area contributed by atoms with Crippen molar-refractivity contribution in [3.05, 3.63) is 52.0 Å². The van der Waals surface area contributed by atoms with E-state index in [1.54, 1.807) is 11.0 Å². The van der Waals surface area contributed by atoms with E-state index in [1.807, 2.05) is 44.2 Å². The first-order valence-corrected chi connectivity index (χ1v) is 10.7. The van der Waals surface area contributed by atoms with Gasteiger partial charge in [0.1, 0.15) is 0 Å². The van der Waals surface area contributed by atoms with Gasteiger partial charge in [-0.2, -0.15) is 0 Å². The molecule has 30 heavy (non-hydrogen) atoms. The highest BCUT2D eigenvalue weighted by molar-refractivity contribution is 9.10. The number of urea groups is 1. The number of rotatable bonds is 7. The first kappa shape index (κ1) is 22.0. The molecule has 0 fully saturated rings. The lowest BCUT2D eigenvalue weighted by Crippen LogP contribution is -2.43. The number of nitrogens with one attached hydrogen (secondary N) is 1. The molecule has 1 unspecified atom stereocenters. The van der Waals surface area contributed by atoms with E-state index in [0.29, 0.717) is 43.4 Å². The lowest BCUT2D eigenvalue weighted by atomic mass is 9.90. The Morgan fingerprint density at radius 1 is 1.17 bits per heavy atom. The average Bonchev–Trinajstić information content (AvgIpc) is 2.70. The number of hydrogen-bond acceptors (Lipinski definition) is 4. The minimum Gasteiger partial charge on any atom is -0.490 e. The van der Waals surface area contributed by atoms with Crippen molar-refractivity contribution in [2.75, 3.05) is 25.1 Å². The fourth-order valence-corrected chi connectivity index (χ4v) is 4.01. The summed E-state index contributed by atoms with van der Waals surface area (Å²) in [7, 11) is 0. The van der Waals surface area contributed by atoms with Crippen LogP contribution in [0.25, 0.3) is 0 Å². The molecule has 2 aromatic carbocycles. The lowest BCUT2D eigenvalue weighted by molar-refractivity contribution is -0.138. The van der Waals surface area contributed by atoms with Crippen LogP contribution in [0.5, 0.6) is 11.5 Å². The number of carbonyl (C=O) groups is 2. The van der Waals surface area contributed by atoms with Crippen molar-refractivity contribution >= 4 is 33.6 Å². The van der Waals surface area contributed by atoms with Crippen molar-refractivity contribution in [3.8, 4) is 11.5 Å². The van der Waals surface area contributed by atoms with E-state index in [-0.39, 0.29) is 12.5 Å². The van der Waals surface area contributed by atoms with Gasteiger partial charge in [-0.1, -0.05) is 12.1 Å². The standard InChI is InChI=1S/C22H25BrN2O5/c1-3-29-19-11-14-9-10-25(22(28)24-17-8-6-5-7-16(17)23)18(13-21(26)27)15(14)12-20(19)30-4-2/h5-8,11-12,18H,3-4,9-10,13H2,1-2H3,(H,24,28)(H,26,27). The van der Waals surface area contributed by atoms with Crippen LogP contribution in [-0.4, -0.2) is 41.8 Å². The Balaban J connectivity index is 1.96. The highest BCUT2D eigenvalue weighted by Gasteiger charge is 2.34. The second kappa shape index (κ2) is 9.84. The summed E-state index contributed by atoms with van der Waals surface area (Å²) < 4.78 is 12.2. The molecular weight excluding hydrogens is 452 g/mol. The van der Waals surface area contributed by atoms with E-state index in [2.05, 4.69) is 21.2 Å². The number of fused-ring (bicyclic) bond motifs is 1. The van der Waals surface area contributed by atoms with Crippen LogP contribution in [0, 0.1) is 0 Å². The van der Waals surface area contributed by atoms with Crippen molar-refractivity contribution in [3.63, 3.8) is 0 Å². The van der Waals surface area contributed by atoms with Crippen LogP contribution >= 0.6 is 15.9 Å². The van der Waals surface area contributed by atoms with Gasteiger partial charge in [0.15, 0.2) is 11.5 Å². The number of amides is 2. The van der Waals surface area contributed by atoms with Crippen LogP contribution in [0.1, 0.15) is 37.4 Å². The average molecular weight is 477 g/mol. The first-order valence-electron chi connectivity index (χ1n) is 9.90. The third-order valence-electron chi connectivity index (χ3n) is 4.91. The van der Waals surface area contributed by atoms with E-state index >= 15 is 0 Å². The maximum atomic E-state index is 13.0. The van der Waals surface area contributed by atoms with Gasteiger partial charge < -0.3 is 24.8 Å². The molecule has 0 bridgehead atoms. The number of ether oxygens (including phenoxy) is 2. The summed E-state index contributed by atoms with van der Waals surface area (Å²) in [6, 6.07) is 10.1. The number of para-hydroxylation sites is 1. The van der Waals surface area contributed by atoms with Crippen LogP contribution < -0.4 is 14.8 Å². The molecule has 0 saturated carbocycles. The quantitative estimate of drug-likeness (QED) is 0.595. The third-order valence-corrected chi connectivity index (χ3v) is 5.60. The highest BCUT2D eigenvalue weighted by Crippen LogP contribution is 2.40. The molecule has 1 aliphatic rings. The van der Waals surface area contributed by atoms with Crippen molar-refractivity contribution in [2.24, 2.45) is 0 Å². The predicted octanol–water partition coefficient (Wildman–Crippen LogP) is 4.85. The second-order valence-corrected chi connectivity index (χ2v) is 7.69. The summed E-state index contributed by atoms with van der Waals surface area (Å²) >= 11 is 3.42. The summed E-state index contributed by atoms with van der Waals surface area (Å²) in [5, 5.41) is 12.4. The van der Waals surface area contributed by atoms with E-state index < -0.39 is 12.0 Å². The molecule has 8 heteroatoms. The fourth-order valence-electron chi connectivity index (χ4n) is 3.62. The SMILES string of the molecule is CCOc1cc2c(cc1OCC)C(CC(=O)O)N(C(=O)Nc1ccccc1Br)CC2. The van der Waals surface area contributed by atoms with Crippen molar-refractivity contribution in [2.45, 2.75) is 32.7 Å². The maximum Gasteiger partial charge on any atom is 0.322 e. The van der Waals surface area contributed by atoms with Crippen molar-refractivity contribution in [1.29, 1.82) is 0 Å². The molecule has 0 radical (unpaired) electrons. The van der Waals surface area contributed by atoms with Crippen LogP contribution in [-0.2, 0) is 11.2 Å². The van der Waals surface area contributed by atoms with Gasteiger partial charge in [0, 0.05) is 11.0 Å². The zero-order valence-electron chi connectivity index (χ0n) is 17.0. The van der Waals surface area contributed by atoms with Gasteiger partial charge in [0.05, 0.1) is 31.4 Å². The van der Waals surface area contributed by atoms with E-state index in [0.717, 1.165) is 15.6 Å². The Bertz CT molecular complexity index is 934. The Kier molecular flexibility index (Phi) is 7.20. The Morgan fingerprint density at radius 2 is 1.83 bits per heavy atom. The van der Waals surface area contributed by atoms with Crippen LogP contribution in [0.2, 0.25) is 0 Å². The molecule has 0 saturated heterocycles. The number of nitrogens with zero attached hydrogens (tertiary/aromatic N) is 1. The molecule has 0 spiro atoms. The Morgan fingerprint density at radius 3 is 2.47 bits per heavy atom. The third kappa shape index (κ3) is 4.87. The molecule has 0 aromatic heterocycles. The number of benzene rings is 2. The predicted molar refractivity (Wildman–Crippen MR) is 117 cm³/mol. The maximum absolute atomic E-state index is 13.0. The molecule has 2 amide bonds. The van der Waals surface area contributed by atoms with Crippen molar-refractivity contribution in [1.82, 2.24) is 4.90 Å². The highest BCUT2D eigenvalue weighted by atomic mass is 79.9. The van der Waals surface area contributed by atoms with Crippen LogP contribution in [0.3, 0.4) is 0 Å². The molecule has 2 aromatic rings. The van der Waals surface area contributed by atoms with E-state index in [4.69, 9.17) is 9.47 Å². The summed E-state index contributed by atoms with van der Waals surface area (Å²) in [5.41, 5.74) is 2.37. The zero-order valence-corrected chi connectivity index (χ0v) is 18.6.